The molecule has 4 aromatic rings. The molecule has 5 rings (SSSR count). The van der Waals surface area contributed by atoms with E-state index < -0.39 is 0 Å². The van der Waals surface area contributed by atoms with Gasteiger partial charge in [0.25, 0.3) is 0 Å². The van der Waals surface area contributed by atoms with Crippen LogP contribution in [0.1, 0.15) is 29.1 Å². The van der Waals surface area contributed by atoms with Crippen molar-refractivity contribution < 1.29 is 4.42 Å². The Morgan fingerprint density at radius 2 is 1.88 bits per heavy atom. The molecular weight excluding hydrogens is 506 g/mol. The average molecular weight is 525 g/mol. The molecule has 2 aromatic carbocycles. The number of nitrogens with one attached hydrogen (secondary N) is 1. The normalized spacial score (nSPS) is 18.1. The molecule has 0 aliphatic carbocycles. The molecule has 7 heteroatoms. The Hall–Kier alpha value is -2.67. The van der Waals surface area contributed by atoms with Gasteiger partial charge in [-0.3, -0.25) is 4.98 Å². The summed E-state index contributed by atoms with van der Waals surface area (Å²) in [7, 11) is 0. The van der Waals surface area contributed by atoms with Gasteiger partial charge in [-0.05, 0) is 79.3 Å². The summed E-state index contributed by atoms with van der Waals surface area (Å²) in [5.74, 6) is 1.55. The van der Waals surface area contributed by atoms with Gasteiger partial charge in [0.15, 0.2) is 5.11 Å². The second-order valence-electron chi connectivity index (χ2n) is 7.64. The number of thiocarbonyl (C=S) groups is 1. The van der Waals surface area contributed by atoms with Crippen molar-refractivity contribution in [3.8, 4) is 11.3 Å². The van der Waals surface area contributed by atoms with Crippen molar-refractivity contribution in [3.63, 3.8) is 0 Å². The molecule has 1 saturated heterocycles. The standard InChI is InChI=1S/C25H19BrClN3OS/c1-15-5-6-16(14-19(15)27)21-11-12-22(31-21)24-23(20-4-2-3-13-28-20)29-25(32)30(24)18-9-7-17(26)8-10-18/h2-14,23-24H,1H3,(H,29,32)/t23-,24-/m1/s1. The number of halogens is 2. The first-order chi connectivity index (χ1) is 15.5. The van der Waals surface area contributed by atoms with Crippen LogP contribution in [0.15, 0.2) is 87.9 Å². The third kappa shape index (κ3) is 3.94. The van der Waals surface area contributed by atoms with E-state index in [0.717, 1.165) is 38.5 Å². The third-order valence-electron chi connectivity index (χ3n) is 5.58. The number of aryl methyl sites for hydroxylation is 1. The van der Waals surface area contributed by atoms with Gasteiger partial charge in [-0.1, -0.05) is 45.7 Å². The van der Waals surface area contributed by atoms with E-state index >= 15 is 0 Å². The van der Waals surface area contributed by atoms with Gasteiger partial charge in [0.05, 0.1) is 11.7 Å². The zero-order chi connectivity index (χ0) is 22.2. The molecule has 0 bridgehead atoms. The number of rotatable bonds is 4. The van der Waals surface area contributed by atoms with Crippen molar-refractivity contribution in [3.05, 3.63) is 106 Å². The maximum atomic E-state index is 6.39. The number of aromatic nitrogens is 1. The fourth-order valence-electron chi connectivity index (χ4n) is 3.94. The van der Waals surface area contributed by atoms with Gasteiger partial charge in [0.1, 0.15) is 17.6 Å². The molecule has 0 unspecified atom stereocenters. The highest BCUT2D eigenvalue weighted by Gasteiger charge is 2.42. The zero-order valence-electron chi connectivity index (χ0n) is 17.1. The summed E-state index contributed by atoms with van der Waals surface area (Å²) in [6.45, 7) is 1.98. The summed E-state index contributed by atoms with van der Waals surface area (Å²) in [5.41, 5.74) is 3.84. The van der Waals surface area contributed by atoms with E-state index in [1.165, 1.54) is 0 Å². The summed E-state index contributed by atoms with van der Waals surface area (Å²) in [5, 5.41) is 4.79. The van der Waals surface area contributed by atoms with Crippen LogP contribution >= 0.6 is 39.7 Å². The van der Waals surface area contributed by atoms with Gasteiger partial charge in [0.2, 0.25) is 0 Å². The molecule has 1 aliphatic heterocycles. The fraction of sp³-hybridized carbons (Fsp3) is 0.120. The van der Waals surface area contributed by atoms with Crippen LogP contribution in [0.4, 0.5) is 5.69 Å². The summed E-state index contributed by atoms with van der Waals surface area (Å²) in [6.07, 6.45) is 1.79. The summed E-state index contributed by atoms with van der Waals surface area (Å²) < 4.78 is 7.40. The van der Waals surface area contributed by atoms with Crippen LogP contribution in [0.5, 0.6) is 0 Å². The molecule has 0 saturated carbocycles. The maximum Gasteiger partial charge on any atom is 0.174 e. The molecular formula is C25H19BrClN3OS. The number of hydrogen-bond acceptors (Lipinski definition) is 3. The first-order valence-corrected chi connectivity index (χ1v) is 11.7. The molecule has 2 atom stereocenters. The Morgan fingerprint density at radius 3 is 2.59 bits per heavy atom. The fourth-order valence-corrected chi connectivity index (χ4v) is 4.73. The number of hydrogen-bond donors (Lipinski definition) is 1. The monoisotopic (exact) mass is 523 g/mol. The second-order valence-corrected chi connectivity index (χ2v) is 9.35. The molecule has 0 spiro atoms. The van der Waals surface area contributed by atoms with Crippen molar-refractivity contribution >= 4 is 50.5 Å². The summed E-state index contributed by atoms with van der Waals surface area (Å²) in [4.78, 5) is 6.67. The topological polar surface area (TPSA) is 41.3 Å². The van der Waals surface area contributed by atoms with Crippen molar-refractivity contribution in [2.75, 3.05) is 4.90 Å². The Balaban J connectivity index is 1.59. The van der Waals surface area contributed by atoms with Gasteiger partial charge < -0.3 is 14.6 Å². The van der Waals surface area contributed by atoms with Crippen LogP contribution in [-0.2, 0) is 0 Å². The van der Waals surface area contributed by atoms with Crippen molar-refractivity contribution in [2.24, 2.45) is 0 Å². The molecule has 160 valence electrons. The lowest BCUT2D eigenvalue weighted by Crippen LogP contribution is -2.29. The van der Waals surface area contributed by atoms with Crippen molar-refractivity contribution in [2.45, 2.75) is 19.0 Å². The third-order valence-corrected chi connectivity index (χ3v) is 6.83. The van der Waals surface area contributed by atoms with Crippen LogP contribution < -0.4 is 10.2 Å². The van der Waals surface area contributed by atoms with E-state index in [1.807, 2.05) is 79.7 Å². The Morgan fingerprint density at radius 1 is 1.06 bits per heavy atom. The number of benzene rings is 2. The predicted octanol–water partition coefficient (Wildman–Crippen LogP) is 7.24. The molecule has 1 fully saturated rings. The minimum absolute atomic E-state index is 0.159. The predicted molar refractivity (Wildman–Crippen MR) is 136 cm³/mol. The van der Waals surface area contributed by atoms with E-state index in [0.29, 0.717) is 10.1 Å². The molecule has 3 heterocycles. The minimum atomic E-state index is -0.201. The van der Waals surface area contributed by atoms with E-state index in [-0.39, 0.29) is 12.1 Å². The molecule has 1 aliphatic rings. The zero-order valence-corrected chi connectivity index (χ0v) is 20.3. The Bertz CT molecular complexity index is 1280. The lowest BCUT2D eigenvalue weighted by Gasteiger charge is -2.26. The van der Waals surface area contributed by atoms with Gasteiger partial charge >= 0.3 is 0 Å². The first-order valence-electron chi connectivity index (χ1n) is 10.1. The van der Waals surface area contributed by atoms with E-state index in [1.54, 1.807) is 6.20 Å². The van der Waals surface area contributed by atoms with E-state index in [2.05, 4.69) is 31.1 Å². The first kappa shape index (κ1) is 21.2. The number of furan rings is 1. The number of nitrogens with zero attached hydrogens (tertiary/aromatic N) is 2. The van der Waals surface area contributed by atoms with Crippen LogP contribution in [-0.4, -0.2) is 10.1 Å². The SMILES string of the molecule is Cc1ccc(-c2ccc([C@@H]3[C@@H](c4ccccn4)NC(=S)N3c3ccc(Br)cc3)o2)cc1Cl. The van der Waals surface area contributed by atoms with Crippen LogP contribution in [0.25, 0.3) is 11.3 Å². The summed E-state index contributed by atoms with van der Waals surface area (Å²) in [6, 6.07) is 23.5. The minimum Gasteiger partial charge on any atom is -0.459 e. The summed E-state index contributed by atoms with van der Waals surface area (Å²) >= 11 is 15.6. The van der Waals surface area contributed by atoms with Crippen molar-refractivity contribution in [1.29, 1.82) is 0 Å². The van der Waals surface area contributed by atoms with Gasteiger partial charge in [-0.15, -0.1) is 0 Å². The quantitative estimate of drug-likeness (QED) is 0.285. The molecule has 0 amide bonds. The Kier molecular flexibility index (Phi) is 5.76. The Labute approximate surface area is 205 Å². The lowest BCUT2D eigenvalue weighted by molar-refractivity contribution is 0.439. The number of anilines is 1. The lowest BCUT2D eigenvalue weighted by atomic mass is 10.0. The van der Waals surface area contributed by atoms with Crippen LogP contribution in [0, 0.1) is 6.92 Å². The largest absolute Gasteiger partial charge is 0.459 e. The highest BCUT2D eigenvalue weighted by atomic mass is 79.9. The van der Waals surface area contributed by atoms with Crippen LogP contribution in [0.2, 0.25) is 5.02 Å². The smallest absolute Gasteiger partial charge is 0.174 e. The van der Waals surface area contributed by atoms with Crippen molar-refractivity contribution in [1.82, 2.24) is 10.3 Å². The maximum absolute atomic E-state index is 6.39. The second kappa shape index (κ2) is 8.70. The molecule has 2 aromatic heterocycles. The van der Waals surface area contributed by atoms with Gasteiger partial charge in [-0.2, -0.15) is 0 Å². The average Bonchev–Trinajstić information content (AvgIpc) is 3.41. The van der Waals surface area contributed by atoms with E-state index in [4.69, 9.17) is 28.2 Å². The molecule has 4 nitrogen and oxygen atoms in total. The highest BCUT2D eigenvalue weighted by molar-refractivity contribution is 9.10. The van der Waals surface area contributed by atoms with E-state index in [9.17, 15) is 0 Å². The van der Waals surface area contributed by atoms with Gasteiger partial charge in [0, 0.05) is 26.9 Å². The molecule has 1 N–H and O–H groups in total. The number of pyridine rings is 1. The van der Waals surface area contributed by atoms with Gasteiger partial charge in [-0.25, -0.2) is 0 Å². The molecule has 0 radical (unpaired) electrons. The highest BCUT2D eigenvalue weighted by Crippen LogP contribution is 2.43. The molecule has 32 heavy (non-hydrogen) atoms. The van der Waals surface area contributed by atoms with Crippen LogP contribution in [0.3, 0.4) is 0 Å².